The van der Waals surface area contributed by atoms with Gasteiger partial charge >= 0.3 is 0 Å². The molecule has 6 nitrogen and oxygen atoms in total. The summed E-state index contributed by atoms with van der Waals surface area (Å²) in [5, 5.41) is 13.6. The second kappa shape index (κ2) is 9.89. The number of carbonyl (C=O) groups excluding carboxylic acids is 1. The molecule has 0 aliphatic carbocycles. The highest BCUT2D eigenvalue weighted by molar-refractivity contribution is 5.92. The van der Waals surface area contributed by atoms with Gasteiger partial charge in [0.15, 0.2) is 0 Å². The van der Waals surface area contributed by atoms with E-state index in [1.54, 1.807) is 12.1 Å². The zero-order valence-electron chi connectivity index (χ0n) is 17.9. The fourth-order valence-corrected chi connectivity index (χ4v) is 3.22. The predicted molar refractivity (Wildman–Crippen MR) is 121 cm³/mol. The van der Waals surface area contributed by atoms with Gasteiger partial charge in [-0.1, -0.05) is 50.2 Å². The average Bonchev–Trinajstić information content (AvgIpc) is 2.73. The number of hydrogen-bond acceptors (Lipinski definition) is 4. The van der Waals surface area contributed by atoms with Gasteiger partial charge in [-0.05, 0) is 53.3 Å². The number of amides is 1. The molecule has 0 aliphatic rings. The van der Waals surface area contributed by atoms with E-state index >= 15 is 0 Å². The van der Waals surface area contributed by atoms with Crippen LogP contribution in [-0.2, 0) is 17.8 Å². The number of nitro benzene ring substituents is 1. The summed E-state index contributed by atoms with van der Waals surface area (Å²) in [6, 6.07) is 19.8. The van der Waals surface area contributed by atoms with Gasteiger partial charge in [-0.3, -0.25) is 14.9 Å². The van der Waals surface area contributed by atoms with Gasteiger partial charge in [-0.2, -0.15) is 0 Å². The standard InChI is InChI=1S/C25H26N2O4/c1-17(2)23-13-4-18(3)14-24(23)31-16-20-5-9-21(10-6-20)26-25(28)15-19-7-11-22(12-8-19)27(29)30/h4-14,17H,15-16H2,1-3H3,(H,26,28). The molecular formula is C25H26N2O4. The number of ether oxygens (including phenoxy) is 1. The molecule has 0 heterocycles. The van der Waals surface area contributed by atoms with E-state index in [2.05, 4.69) is 37.4 Å². The van der Waals surface area contributed by atoms with Gasteiger partial charge in [-0.15, -0.1) is 0 Å². The second-order valence-electron chi connectivity index (χ2n) is 7.83. The van der Waals surface area contributed by atoms with Crippen molar-refractivity contribution < 1.29 is 14.5 Å². The van der Waals surface area contributed by atoms with Crippen LogP contribution in [0.5, 0.6) is 5.75 Å². The van der Waals surface area contributed by atoms with Crippen LogP contribution in [0.1, 0.15) is 42.0 Å². The Hall–Kier alpha value is -3.67. The zero-order valence-corrected chi connectivity index (χ0v) is 17.9. The predicted octanol–water partition coefficient (Wildman–Crippen LogP) is 5.79. The lowest BCUT2D eigenvalue weighted by Gasteiger charge is -2.15. The molecule has 0 aliphatic heterocycles. The molecule has 0 radical (unpaired) electrons. The second-order valence-corrected chi connectivity index (χ2v) is 7.83. The van der Waals surface area contributed by atoms with E-state index in [1.165, 1.54) is 17.7 Å². The van der Waals surface area contributed by atoms with Gasteiger partial charge in [0.1, 0.15) is 12.4 Å². The highest BCUT2D eigenvalue weighted by atomic mass is 16.6. The molecule has 0 spiro atoms. The Labute approximate surface area is 182 Å². The molecule has 0 aromatic heterocycles. The zero-order chi connectivity index (χ0) is 22.4. The normalized spacial score (nSPS) is 10.7. The Kier molecular flexibility index (Phi) is 7.03. The van der Waals surface area contributed by atoms with Crippen LogP contribution in [0, 0.1) is 17.0 Å². The molecule has 0 atom stereocenters. The van der Waals surface area contributed by atoms with E-state index in [1.807, 2.05) is 31.2 Å². The van der Waals surface area contributed by atoms with Gasteiger partial charge in [0.2, 0.25) is 5.91 Å². The van der Waals surface area contributed by atoms with Crippen LogP contribution in [0.15, 0.2) is 66.7 Å². The summed E-state index contributed by atoms with van der Waals surface area (Å²) >= 11 is 0. The summed E-state index contributed by atoms with van der Waals surface area (Å²) in [6.07, 6.45) is 0.147. The Morgan fingerprint density at radius 2 is 1.65 bits per heavy atom. The molecule has 3 aromatic rings. The van der Waals surface area contributed by atoms with Crippen LogP contribution >= 0.6 is 0 Å². The van der Waals surface area contributed by atoms with E-state index in [0.717, 1.165) is 16.9 Å². The minimum absolute atomic E-state index is 0.00754. The minimum Gasteiger partial charge on any atom is -0.489 e. The maximum atomic E-state index is 12.3. The first-order valence-electron chi connectivity index (χ1n) is 10.2. The number of hydrogen-bond donors (Lipinski definition) is 1. The maximum Gasteiger partial charge on any atom is 0.269 e. The Morgan fingerprint density at radius 1 is 1.00 bits per heavy atom. The van der Waals surface area contributed by atoms with E-state index in [-0.39, 0.29) is 18.0 Å². The average molecular weight is 418 g/mol. The molecule has 1 amide bonds. The van der Waals surface area contributed by atoms with Gasteiger partial charge < -0.3 is 10.1 Å². The van der Waals surface area contributed by atoms with Gasteiger partial charge in [0.05, 0.1) is 11.3 Å². The van der Waals surface area contributed by atoms with Crippen LogP contribution in [0.4, 0.5) is 11.4 Å². The molecule has 3 aromatic carbocycles. The van der Waals surface area contributed by atoms with Gasteiger partial charge in [-0.25, -0.2) is 0 Å². The minimum atomic E-state index is -0.461. The highest BCUT2D eigenvalue weighted by Crippen LogP contribution is 2.28. The molecule has 0 saturated carbocycles. The van der Waals surface area contributed by atoms with Crippen molar-refractivity contribution in [3.63, 3.8) is 0 Å². The molecule has 0 unspecified atom stereocenters. The first-order valence-corrected chi connectivity index (χ1v) is 10.2. The molecule has 0 fully saturated rings. The van der Waals surface area contributed by atoms with Crippen LogP contribution < -0.4 is 10.1 Å². The number of aryl methyl sites for hydroxylation is 1. The summed E-state index contributed by atoms with van der Waals surface area (Å²) in [7, 11) is 0. The third-order valence-electron chi connectivity index (χ3n) is 4.93. The van der Waals surface area contributed by atoms with E-state index in [4.69, 9.17) is 4.74 Å². The monoisotopic (exact) mass is 418 g/mol. The SMILES string of the molecule is Cc1ccc(C(C)C)c(OCc2ccc(NC(=O)Cc3ccc([N+](=O)[O-])cc3)cc2)c1. The van der Waals surface area contributed by atoms with Crippen LogP contribution in [0.25, 0.3) is 0 Å². The number of anilines is 1. The molecular weight excluding hydrogens is 392 g/mol. The lowest BCUT2D eigenvalue weighted by molar-refractivity contribution is -0.384. The topological polar surface area (TPSA) is 81.5 Å². The smallest absolute Gasteiger partial charge is 0.269 e. The summed E-state index contributed by atoms with van der Waals surface area (Å²) in [6.45, 7) is 6.78. The first kappa shape index (κ1) is 22.0. The fraction of sp³-hybridized carbons (Fsp3) is 0.240. The van der Waals surface area contributed by atoms with Crippen molar-refractivity contribution in [1.82, 2.24) is 0 Å². The molecule has 3 rings (SSSR count). The van der Waals surface area contributed by atoms with Crippen molar-refractivity contribution in [3.05, 3.63) is 99.1 Å². The molecule has 0 saturated heterocycles. The largest absolute Gasteiger partial charge is 0.489 e. The summed E-state index contributed by atoms with van der Waals surface area (Å²) in [5.74, 6) is 1.10. The summed E-state index contributed by atoms with van der Waals surface area (Å²) in [5.41, 5.74) is 4.75. The van der Waals surface area contributed by atoms with Crippen molar-refractivity contribution in [1.29, 1.82) is 0 Å². The Morgan fingerprint density at radius 3 is 2.26 bits per heavy atom. The molecule has 31 heavy (non-hydrogen) atoms. The van der Waals surface area contributed by atoms with Crippen LogP contribution in [0.2, 0.25) is 0 Å². The van der Waals surface area contributed by atoms with Crippen molar-refractivity contribution in [2.45, 2.75) is 39.7 Å². The van der Waals surface area contributed by atoms with E-state index < -0.39 is 4.92 Å². The Bertz CT molecular complexity index is 1060. The third kappa shape index (κ3) is 6.15. The number of benzene rings is 3. The van der Waals surface area contributed by atoms with E-state index in [9.17, 15) is 14.9 Å². The molecule has 160 valence electrons. The Balaban J connectivity index is 1.56. The number of nitrogens with one attached hydrogen (secondary N) is 1. The lowest BCUT2D eigenvalue weighted by Crippen LogP contribution is -2.14. The molecule has 6 heteroatoms. The first-order chi connectivity index (χ1) is 14.8. The highest BCUT2D eigenvalue weighted by Gasteiger charge is 2.10. The van der Waals surface area contributed by atoms with Crippen molar-refractivity contribution in [2.24, 2.45) is 0 Å². The fourth-order valence-electron chi connectivity index (χ4n) is 3.22. The molecule has 0 bridgehead atoms. The quantitative estimate of drug-likeness (QED) is 0.371. The van der Waals surface area contributed by atoms with E-state index in [0.29, 0.717) is 23.8 Å². The number of rotatable bonds is 8. The summed E-state index contributed by atoms with van der Waals surface area (Å²) < 4.78 is 6.06. The van der Waals surface area contributed by atoms with Crippen molar-refractivity contribution in [3.8, 4) is 5.75 Å². The number of non-ortho nitro benzene ring substituents is 1. The van der Waals surface area contributed by atoms with Crippen LogP contribution in [0.3, 0.4) is 0 Å². The van der Waals surface area contributed by atoms with Gasteiger partial charge in [0, 0.05) is 17.8 Å². The lowest BCUT2D eigenvalue weighted by atomic mass is 10.0. The van der Waals surface area contributed by atoms with Crippen LogP contribution in [-0.4, -0.2) is 10.8 Å². The number of nitro groups is 1. The third-order valence-corrected chi connectivity index (χ3v) is 4.93. The van der Waals surface area contributed by atoms with Crippen molar-refractivity contribution in [2.75, 3.05) is 5.32 Å². The summed E-state index contributed by atoms with van der Waals surface area (Å²) in [4.78, 5) is 22.5. The molecule has 1 N–H and O–H groups in total. The maximum absolute atomic E-state index is 12.3. The van der Waals surface area contributed by atoms with Crippen molar-refractivity contribution >= 4 is 17.3 Å². The number of carbonyl (C=O) groups is 1. The van der Waals surface area contributed by atoms with Gasteiger partial charge in [0.25, 0.3) is 5.69 Å². The number of nitrogens with zero attached hydrogens (tertiary/aromatic N) is 1.